The Labute approximate surface area is 131 Å². The smallest absolute Gasteiger partial charge is 0.0486 e. The van der Waals surface area contributed by atoms with E-state index in [9.17, 15) is 0 Å². The summed E-state index contributed by atoms with van der Waals surface area (Å²) in [6.07, 6.45) is 3.73. The molecule has 1 aromatic rings. The van der Waals surface area contributed by atoms with Crippen LogP contribution in [0, 0.1) is 5.92 Å². The lowest BCUT2D eigenvalue weighted by molar-refractivity contribution is 0.163. The summed E-state index contributed by atoms with van der Waals surface area (Å²) in [5, 5.41) is 0. The van der Waals surface area contributed by atoms with Crippen molar-refractivity contribution in [3.63, 3.8) is 0 Å². The van der Waals surface area contributed by atoms with E-state index in [0.29, 0.717) is 12.5 Å². The maximum Gasteiger partial charge on any atom is 0.0486 e. The van der Waals surface area contributed by atoms with Crippen molar-refractivity contribution in [1.82, 2.24) is 14.8 Å². The van der Waals surface area contributed by atoms with Crippen molar-refractivity contribution in [3.05, 3.63) is 28.5 Å². The molecular formula is C15H27BrN4. The number of halogens is 1. The van der Waals surface area contributed by atoms with Gasteiger partial charge in [0.05, 0.1) is 0 Å². The summed E-state index contributed by atoms with van der Waals surface area (Å²) in [5.41, 5.74) is 7.22. The van der Waals surface area contributed by atoms with Crippen molar-refractivity contribution in [2.75, 3.05) is 40.3 Å². The van der Waals surface area contributed by atoms with E-state index in [4.69, 9.17) is 5.73 Å². The van der Waals surface area contributed by atoms with Crippen LogP contribution < -0.4 is 5.73 Å². The van der Waals surface area contributed by atoms with Crippen molar-refractivity contribution in [2.45, 2.75) is 19.9 Å². The third-order valence-corrected chi connectivity index (χ3v) is 3.64. The first-order valence-corrected chi connectivity index (χ1v) is 7.92. The van der Waals surface area contributed by atoms with E-state index < -0.39 is 0 Å². The molecule has 0 bridgehead atoms. The number of hydrogen-bond donors (Lipinski definition) is 1. The molecule has 0 radical (unpaired) electrons. The first-order valence-electron chi connectivity index (χ1n) is 7.13. The van der Waals surface area contributed by atoms with Crippen molar-refractivity contribution in [2.24, 2.45) is 11.7 Å². The summed E-state index contributed by atoms with van der Waals surface area (Å²) < 4.78 is 1.01. The molecule has 0 saturated heterocycles. The van der Waals surface area contributed by atoms with Gasteiger partial charge >= 0.3 is 0 Å². The molecule has 0 saturated carbocycles. The number of nitrogens with two attached hydrogens (primary N) is 1. The number of hydrogen-bond acceptors (Lipinski definition) is 4. The fourth-order valence-corrected chi connectivity index (χ4v) is 2.66. The van der Waals surface area contributed by atoms with Gasteiger partial charge in [-0.3, -0.25) is 9.88 Å². The molecule has 0 aliphatic heterocycles. The summed E-state index contributed by atoms with van der Waals surface area (Å²) in [5.74, 6) is 0.617. The third-order valence-electron chi connectivity index (χ3n) is 3.21. The van der Waals surface area contributed by atoms with Gasteiger partial charge in [-0.1, -0.05) is 13.8 Å². The zero-order valence-electron chi connectivity index (χ0n) is 13.0. The van der Waals surface area contributed by atoms with Gasteiger partial charge in [-0.15, -0.1) is 0 Å². The van der Waals surface area contributed by atoms with Crippen LogP contribution in [0.3, 0.4) is 0 Å². The summed E-state index contributed by atoms with van der Waals surface area (Å²) in [7, 11) is 4.21. The molecule has 0 amide bonds. The van der Waals surface area contributed by atoms with Crippen LogP contribution in [-0.2, 0) is 0 Å². The molecule has 1 heterocycles. The maximum absolute atomic E-state index is 6.04. The average molecular weight is 343 g/mol. The Morgan fingerprint density at radius 2 is 1.95 bits per heavy atom. The van der Waals surface area contributed by atoms with E-state index in [1.807, 2.05) is 12.4 Å². The minimum atomic E-state index is 0.224. The molecule has 0 aromatic carbocycles. The van der Waals surface area contributed by atoms with Gasteiger partial charge in [0.2, 0.25) is 0 Å². The predicted molar refractivity (Wildman–Crippen MR) is 88.7 cm³/mol. The Bertz CT molecular complexity index is 395. The van der Waals surface area contributed by atoms with Crippen molar-refractivity contribution in [3.8, 4) is 0 Å². The Morgan fingerprint density at radius 3 is 2.45 bits per heavy atom. The summed E-state index contributed by atoms with van der Waals surface area (Å²) in [6, 6.07) is 2.34. The van der Waals surface area contributed by atoms with Crippen LogP contribution in [0.1, 0.15) is 25.5 Å². The highest BCUT2D eigenvalue weighted by Crippen LogP contribution is 2.22. The largest absolute Gasteiger partial charge is 0.329 e. The van der Waals surface area contributed by atoms with Gasteiger partial charge in [-0.25, -0.2) is 0 Å². The van der Waals surface area contributed by atoms with Gasteiger partial charge in [-0.2, -0.15) is 0 Å². The number of likely N-dealkylation sites (N-methyl/N-ethyl adjacent to an activating group) is 1. The Balaban J connectivity index is 2.88. The molecule has 20 heavy (non-hydrogen) atoms. The molecule has 4 nitrogen and oxygen atoms in total. The van der Waals surface area contributed by atoms with Crippen LogP contribution in [0.2, 0.25) is 0 Å². The van der Waals surface area contributed by atoms with Crippen LogP contribution in [0.4, 0.5) is 0 Å². The van der Waals surface area contributed by atoms with E-state index in [0.717, 1.165) is 24.1 Å². The van der Waals surface area contributed by atoms with E-state index in [1.54, 1.807) is 0 Å². The lowest BCUT2D eigenvalue weighted by Gasteiger charge is -2.33. The highest BCUT2D eigenvalue weighted by Gasteiger charge is 2.20. The molecule has 1 aromatic heterocycles. The van der Waals surface area contributed by atoms with E-state index in [2.05, 4.69) is 64.7 Å². The quantitative estimate of drug-likeness (QED) is 0.787. The minimum Gasteiger partial charge on any atom is -0.329 e. The third kappa shape index (κ3) is 5.87. The van der Waals surface area contributed by atoms with Crippen LogP contribution in [0.15, 0.2) is 22.9 Å². The number of nitrogens with zero attached hydrogens (tertiary/aromatic N) is 3. The molecule has 0 fully saturated rings. The molecule has 5 heteroatoms. The standard InChI is InChI=1S/C15H27BrN4/c1-12(2)11-20(6-5-19(3)4)15(8-17)13-7-14(16)10-18-9-13/h7,9-10,12,15H,5-6,8,11,17H2,1-4H3. The van der Waals surface area contributed by atoms with Gasteiger partial charge in [-0.05, 0) is 47.6 Å². The Kier molecular flexibility index (Phi) is 7.66. The van der Waals surface area contributed by atoms with Crippen LogP contribution in [-0.4, -0.2) is 55.1 Å². The fraction of sp³-hybridized carbons (Fsp3) is 0.667. The van der Waals surface area contributed by atoms with E-state index in [1.165, 1.54) is 5.56 Å². The van der Waals surface area contributed by atoms with Crippen LogP contribution >= 0.6 is 15.9 Å². The molecule has 114 valence electrons. The molecule has 1 rings (SSSR count). The lowest BCUT2D eigenvalue weighted by atomic mass is 10.1. The first kappa shape index (κ1) is 17.6. The predicted octanol–water partition coefficient (Wildman–Crippen LogP) is 2.36. The van der Waals surface area contributed by atoms with Crippen molar-refractivity contribution in [1.29, 1.82) is 0 Å². The molecule has 0 spiro atoms. The van der Waals surface area contributed by atoms with Gasteiger partial charge < -0.3 is 10.6 Å². The first-order chi connectivity index (χ1) is 9.43. The monoisotopic (exact) mass is 342 g/mol. The van der Waals surface area contributed by atoms with Gasteiger partial charge in [0, 0.05) is 49.1 Å². The SMILES string of the molecule is CC(C)CN(CCN(C)C)C(CN)c1cncc(Br)c1. The van der Waals surface area contributed by atoms with Gasteiger partial charge in [0.15, 0.2) is 0 Å². The van der Waals surface area contributed by atoms with Crippen molar-refractivity contribution < 1.29 is 0 Å². The summed E-state index contributed by atoms with van der Waals surface area (Å²) in [4.78, 5) is 8.95. The highest BCUT2D eigenvalue weighted by atomic mass is 79.9. The highest BCUT2D eigenvalue weighted by molar-refractivity contribution is 9.10. The average Bonchev–Trinajstić information content (AvgIpc) is 2.36. The summed E-state index contributed by atoms with van der Waals surface area (Å²) in [6.45, 7) is 8.19. The maximum atomic E-state index is 6.04. The minimum absolute atomic E-state index is 0.224. The fourth-order valence-electron chi connectivity index (χ4n) is 2.28. The lowest BCUT2D eigenvalue weighted by Crippen LogP contribution is -2.40. The van der Waals surface area contributed by atoms with Crippen molar-refractivity contribution >= 4 is 15.9 Å². The number of pyridine rings is 1. The number of rotatable bonds is 8. The normalized spacial score (nSPS) is 13.4. The molecular weight excluding hydrogens is 316 g/mol. The topological polar surface area (TPSA) is 45.4 Å². The summed E-state index contributed by atoms with van der Waals surface area (Å²) >= 11 is 3.49. The molecule has 2 N–H and O–H groups in total. The second-order valence-electron chi connectivity index (χ2n) is 5.88. The second-order valence-corrected chi connectivity index (χ2v) is 6.80. The van der Waals surface area contributed by atoms with Crippen LogP contribution in [0.25, 0.3) is 0 Å². The molecule has 0 aliphatic rings. The Morgan fingerprint density at radius 1 is 1.25 bits per heavy atom. The van der Waals surface area contributed by atoms with Gasteiger partial charge in [0.1, 0.15) is 0 Å². The van der Waals surface area contributed by atoms with Gasteiger partial charge in [0.25, 0.3) is 0 Å². The van der Waals surface area contributed by atoms with Crippen LogP contribution in [0.5, 0.6) is 0 Å². The van der Waals surface area contributed by atoms with E-state index >= 15 is 0 Å². The Hall–Kier alpha value is -0.490. The molecule has 1 atom stereocenters. The second kappa shape index (κ2) is 8.72. The van der Waals surface area contributed by atoms with E-state index in [-0.39, 0.29) is 6.04 Å². The zero-order valence-corrected chi connectivity index (χ0v) is 14.6. The molecule has 1 unspecified atom stereocenters. The molecule has 0 aliphatic carbocycles. The number of aromatic nitrogens is 1. The zero-order chi connectivity index (χ0) is 15.1.